The summed E-state index contributed by atoms with van der Waals surface area (Å²) in [4.78, 5) is 12.2. The van der Waals surface area contributed by atoms with Gasteiger partial charge < -0.3 is 4.74 Å². The molecule has 1 aromatic rings. The van der Waals surface area contributed by atoms with E-state index in [1.54, 1.807) is 0 Å². The first-order chi connectivity index (χ1) is 8.10. The van der Waals surface area contributed by atoms with Crippen LogP contribution in [0.15, 0.2) is 24.3 Å². The molecule has 94 valence electrons. The second-order valence-corrected chi connectivity index (χ2v) is 4.38. The average Bonchev–Trinajstić information content (AvgIpc) is 2.34. The van der Waals surface area contributed by atoms with Gasteiger partial charge in [0.2, 0.25) is 0 Å². The fourth-order valence-electron chi connectivity index (χ4n) is 2.21. The Bertz CT molecular complexity index is 361. The minimum atomic E-state index is -0.482. The van der Waals surface area contributed by atoms with Crippen molar-refractivity contribution in [1.82, 2.24) is 0 Å². The number of hydrogen-bond donors (Lipinski definition) is 0. The van der Waals surface area contributed by atoms with Crippen LogP contribution in [0.2, 0.25) is 0 Å². The van der Waals surface area contributed by atoms with E-state index in [9.17, 15) is 4.79 Å². The first-order valence-corrected chi connectivity index (χ1v) is 6.35. The Kier molecular flexibility index (Phi) is 4.73. The Morgan fingerprint density at radius 3 is 2.06 bits per heavy atom. The van der Waals surface area contributed by atoms with Gasteiger partial charge in [-0.15, -0.1) is 0 Å². The van der Waals surface area contributed by atoms with E-state index in [1.165, 1.54) is 5.56 Å². The molecule has 0 atom stereocenters. The van der Waals surface area contributed by atoms with Crippen molar-refractivity contribution in [2.45, 2.75) is 46.0 Å². The molecule has 0 aliphatic rings. The van der Waals surface area contributed by atoms with Gasteiger partial charge in [-0.25, -0.2) is 0 Å². The summed E-state index contributed by atoms with van der Waals surface area (Å²) in [5, 5.41) is 0. The number of carbonyl (C=O) groups is 1. The molecule has 0 saturated carbocycles. The third kappa shape index (κ3) is 2.68. The molecule has 0 unspecified atom stereocenters. The van der Waals surface area contributed by atoms with Gasteiger partial charge in [-0.2, -0.15) is 0 Å². The summed E-state index contributed by atoms with van der Waals surface area (Å²) in [6, 6.07) is 8.18. The number of esters is 1. The molecule has 0 aromatic heterocycles. The van der Waals surface area contributed by atoms with E-state index in [1.807, 2.05) is 39.8 Å². The van der Waals surface area contributed by atoms with Crippen LogP contribution in [-0.4, -0.2) is 12.6 Å². The van der Waals surface area contributed by atoms with E-state index in [0.29, 0.717) is 6.61 Å². The lowest BCUT2D eigenvalue weighted by atomic mass is 9.75. The molecule has 0 amide bonds. The predicted octanol–water partition coefficient (Wildman–Crippen LogP) is 3.62. The first-order valence-electron chi connectivity index (χ1n) is 6.35. The zero-order valence-corrected chi connectivity index (χ0v) is 11.2. The van der Waals surface area contributed by atoms with Crippen molar-refractivity contribution < 1.29 is 9.53 Å². The van der Waals surface area contributed by atoms with Gasteiger partial charge in [-0.3, -0.25) is 4.79 Å². The van der Waals surface area contributed by atoms with Gasteiger partial charge in [0, 0.05) is 0 Å². The van der Waals surface area contributed by atoms with Crippen molar-refractivity contribution in [3.05, 3.63) is 35.4 Å². The molecule has 1 rings (SSSR count). The number of rotatable bonds is 5. The van der Waals surface area contributed by atoms with Crippen molar-refractivity contribution in [3.8, 4) is 0 Å². The number of ether oxygens (including phenoxy) is 1. The van der Waals surface area contributed by atoms with E-state index >= 15 is 0 Å². The van der Waals surface area contributed by atoms with Crippen molar-refractivity contribution in [2.24, 2.45) is 0 Å². The van der Waals surface area contributed by atoms with E-state index in [2.05, 4.69) is 12.1 Å². The van der Waals surface area contributed by atoms with E-state index < -0.39 is 5.41 Å². The summed E-state index contributed by atoms with van der Waals surface area (Å²) in [5.74, 6) is -0.103. The molecule has 2 heteroatoms. The fraction of sp³-hybridized carbons (Fsp3) is 0.533. The molecular weight excluding hydrogens is 212 g/mol. The molecule has 0 saturated heterocycles. The summed E-state index contributed by atoms with van der Waals surface area (Å²) in [7, 11) is 0. The zero-order valence-electron chi connectivity index (χ0n) is 11.2. The van der Waals surface area contributed by atoms with Crippen molar-refractivity contribution >= 4 is 5.97 Å². The molecule has 0 spiro atoms. The summed E-state index contributed by atoms with van der Waals surface area (Å²) in [5.41, 5.74) is 1.79. The van der Waals surface area contributed by atoms with E-state index in [4.69, 9.17) is 4.74 Å². The van der Waals surface area contributed by atoms with Crippen LogP contribution < -0.4 is 0 Å². The molecule has 0 fully saturated rings. The first kappa shape index (κ1) is 13.8. The smallest absolute Gasteiger partial charge is 0.316 e. The molecular formula is C15H22O2. The van der Waals surface area contributed by atoms with Crippen LogP contribution in [0.4, 0.5) is 0 Å². The van der Waals surface area contributed by atoms with Crippen LogP contribution in [0, 0.1) is 6.92 Å². The van der Waals surface area contributed by atoms with Crippen LogP contribution in [0.1, 0.15) is 44.7 Å². The van der Waals surface area contributed by atoms with E-state index in [-0.39, 0.29) is 5.97 Å². The molecule has 0 heterocycles. The minimum absolute atomic E-state index is 0.103. The largest absolute Gasteiger partial charge is 0.465 e. The average molecular weight is 234 g/mol. The highest BCUT2D eigenvalue weighted by Crippen LogP contribution is 2.33. The molecule has 0 bridgehead atoms. The molecule has 0 aliphatic heterocycles. The highest BCUT2D eigenvalue weighted by Gasteiger charge is 2.38. The normalized spacial score (nSPS) is 11.3. The highest BCUT2D eigenvalue weighted by atomic mass is 16.5. The number of aryl methyl sites for hydroxylation is 1. The molecule has 2 nitrogen and oxygen atoms in total. The predicted molar refractivity (Wildman–Crippen MR) is 70.1 cm³/mol. The fourth-order valence-corrected chi connectivity index (χ4v) is 2.21. The summed E-state index contributed by atoms with van der Waals surface area (Å²) in [6.45, 7) is 8.42. The van der Waals surface area contributed by atoms with Gasteiger partial charge in [0.05, 0.1) is 12.0 Å². The minimum Gasteiger partial charge on any atom is -0.465 e. The second-order valence-electron chi connectivity index (χ2n) is 4.38. The number of carbonyl (C=O) groups excluding carboxylic acids is 1. The van der Waals surface area contributed by atoms with E-state index in [0.717, 1.165) is 18.4 Å². The quantitative estimate of drug-likeness (QED) is 0.727. The molecule has 17 heavy (non-hydrogen) atoms. The van der Waals surface area contributed by atoms with Gasteiger partial charge in [0.1, 0.15) is 0 Å². The Balaban J connectivity index is 3.14. The Hall–Kier alpha value is -1.31. The van der Waals surface area contributed by atoms with Gasteiger partial charge in [-0.05, 0) is 32.3 Å². The molecule has 0 radical (unpaired) electrons. The monoisotopic (exact) mass is 234 g/mol. The summed E-state index contributed by atoms with van der Waals surface area (Å²) in [6.07, 6.45) is 1.54. The van der Waals surface area contributed by atoms with Gasteiger partial charge in [0.15, 0.2) is 0 Å². The standard InChI is InChI=1S/C15H22O2/c1-5-15(6-2,14(16)17-7-3)13-10-8-12(4)9-11-13/h8-11H,5-7H2,1-4H3. The van der Waals surface area contributed by atoms with Gasteiger partial charge in [-0.1, -0.05) is 43.7 Å². The van der Waals surface area contributed by atoms with Gasteiger partial charge >= 0.3 is 5.97 Å². The number of benzene rings is 1. The molecule has 0 aliphatic carbocycles. The Morgan fingerprint density at radius 2 is 1.65 bits per heavy atom. The SMILES string of the molecule is CCOC(=O)C(CC)(CC)c1ccc(C)cc1. The van der Waals surface area contributed by atoms with Crippen LogP contribution in [0.3, 0.4) is 0 Å². The third-order valence-corrected chi connectivity index (χ3v) is 3.48. The lowest BCUT2D eigenvalue weighted by molar-refractivity contribution is -0.150. The number of hydrogen-bond acceptors (Lipinski definition) is 2. The maximum atomic E-state index is 12.2. The Morgan fingerprint density at radius 1 is 1.12 bits per heavy atom. The maximum absolute atomic E-state index is 12.2. The molecule has 0 N–H and O–H groups in total. The Labute approximate surface area is 104 Å². The highest BCUT2D eigenvalue weighted by molar-refractivity contribution is 5.83. The maximum Gasteiger partial charge on any atom is 0.316 e. The van der Waals surface area contributed by atoms with Crippen LogP contribution >= 0.6 is 0 Å². The summed E-state index contributed by atoms with van der Waals surface area (Å²) >= 11 is 0. The second kappa shape index (κ2) is 5.85. The van der Waals surface area contributed by atoms with Crippen molar-refractivity contribution in [3.63, 3.8) is 0 Å². The molecule has 1 aromatic carbocycles. The lowest BCUT2D eigenvalue weighted by Gasteiger charge is -2.29. The topological polar surface area (TPSA) is 26.3 Å². The summed E-state index contributed by atoms with van der Waals surface area (Å²) < 4.78 is 5.23. The van der Waals surface area contributed by atoms with Gasteiger partial charge in [0.25, 0.3) is 0 Å². The van der Waals surface area contributed by atoms with Crippen LogP contribution in [0.25, 0.3) is 0 Å². The van der Waals surface area contributed by atoms with Crippen LogP contribution in [0.5, 0.6) is 0 Å². The zero-order chi connectivity index (χ0) is 12.9. The van der Waals surface area contributed by atoms with Crippen molar-refractivity contribution in [2.75, 3.05) is 6.61 Å². The third-order valence-electron chi connectivity index (χ3n) is 3.48. The van der Waals surface area contributed by atoms with Crippen LogP contribution in [-0.2, 0) is 14.9 Å². The van der Waals surface area contributed by atoms with Crippen molar-refractivity contribution in [1.29, 1.82) is 0 Å². The lowest BCUT2D eigenvalue weighted by Crippen LogP contribution is -2.36.